The smallest absolute Gasteiger partial charge is 0.253 e. The molecule has 1 amide bonds. The Hall–Kier alpha value is -3.71. The molecular weight excluding hydrogens is 456 g/mol. The van der Waals surface area contributed by atoms with Crippen LogP contribution in [0.4, 0.5) is 11.4 Å². The maximum Gasteiger partial charge on any atom is 0.253 e. The van der Waals surface area contributed by atoms with E-state index in [9.17, 15) is 4.79 Å². The van der Waals surface area contributed by atoms with Gasteiger partial charge in [-0.05, 0) is 79.5 Å². The summed E-state index contributed by atoms with van der Waals surface area (Å²) in [5.74, 6) is 0.962. The molecule has 0 radical (unpaired) electrons. The molecule has 0 spiro atoms. The molecule has 0 aliphatic carbocycles. The largest absolute Gasteiger partial charge is 0.494 e. The summed E-state index contributed by atoms with van der Waals surface area (Å²) in [4.78, 5) is 22.9. The van der Waals surface area contributed by atoms with Crippen LogP contribution in [-0.2, 0) is 0 Å². The molecule has 0 saturated carbocycles. The van der Waals surface area contributed by atoms with Crippen LogP contribution >= 0.6 is 11.9 Å². The molecule has 4 aromatic rings. The van der Waals surface area contributed by atoms with E-state index in [-0.39, 0.29) is 5.91 Å². The van der Waals surface area contributed by atoms with Gasteiger partial charge in [-0.25, -0.2) is 0 Å². The highest BCUT2D eigenvalue weighted by molar-refractivity contribution is 8.00. The Kier molecular flexibility index (Phi) is 7.04. The number of piperazine rings is 1. The molecule has 35 heavy (non-hydrogen) atoms. The molecule has 1 saturated heterocycles. The number of anilines is 2. The molecule has 1 fully saturated rings. The maximum absolute atomic E-state index is 13.1. The van der Waals surface area contributed by atoms with Crippen molar-refractivity contribution in [2.45, 2.75) is 11.8 Å². The summed E-state index contributed by atoms with van der Waals surface area (Å²) in [6, 6.07) is 26.0. The van der Waals surface area contributed by atoms with E-state index in [4.69, 9.17) is 4.74 Å². The predicted octanol–water partition coefficient (Wildman–Crippen LogP) is 5.72. The van der Waals surface area contributed by atoms with Crippen molar-refractivity contribution in [3.8, 4) is 5.75 Å². The number of carbonyl (C=O) groups is 1. The summed E-state index contributed by atoms with van der Waals surface area (Å²) in [7, 11) is 0. The number of fused-ring (bicyclic) bond motifs is 1. The number of nitrogens with one attached hydrogen (secondary N) is 1. The average Bonchev–Trinajstić information content (AvgIpc) is 2.92. The molecule has 0 unspecified atom stereocenters. The number of para-hydroxylation sites is 1. The van der Waals surface area contributed by atoms with Gasteiger partial charge in [0.05, 0.1) is 17.0 Å². The van der Waals surface area contributed by atoms with Crippen molar-refractivity contribution in [3.63, 3.8) is 0 Å². The van der Waals surface area contributed by atoms with Crippen LogP contribution in [0.5, 0.6) is 5.75 Å². The number of benzene rings is 3. The van der Waals surface area contributed by atoms with Crippen LogP contribution in [0, 0.1) is 0 Å². The standard InChI is InChI=1S/C28H28N4O2S/c1-2-34-25-14-12-24(13-15-25)31-17-19-32(20-18-31)28(33)22-8-10-23(11-9-22)30-35-26-7-3-5-21-6-4-16-29-27(21)26/h3-16,30H,2,17-20H2,1H3. The number of hydrogen-bond donors (Lipinski definition) is 1. The monoisotopic (exact) mass is 484 g/mol. The molecule has 0 atom stereocenters. The van der Waals surface area contributed by atoms with Crippen LogP contribution in [0.2, 0.25) is 0 Å². The number of rotatable bonds is 7. The van der Waals surface area contributed by atoms with Crippen molar-refractivity contribution in [3.05, 3.63) is 90.6 Å². The molecule has 7 heteroatoms. The van der Waals surface area contributed by atoms with Crippen molar-refractivity contribution in [2.75, 3.05) is 42.4 Å². The fraction of sp³-hybridized carbons (Fsp3) is 0.214. The number of ether oxygens (including phenoxy) is 1. The Morgan fingerprint density at radius 3 is 2.43 bits per heavy atom. The van der Waals surface area contributed by atoms with Gasteiger partial charge in [0, 0.05) is 54.7 Å². The molecule has 3 aromatic carbocycles. The average molecular weight is 485 g/mol. The topological polar surface area (TPSA) is 57.7 Å². The summed E-state index contributed by atoms with van der Waals surface area (Å²) in [6.07, 6.45) is 1.81. The van der Waals surface area contributed by atoms with Gasteiger partial charge in [0.1, 0.15) is 5.75 Å². The van der Waals surface area contributed by atoms with E-state index in [1.165, 1.54) is 11.9 Å². The third kappa shape index (κ3) is 5.35. The number of aromatic nitrogens is 1. The summed E-state index contributed by atoms with van der Waals surface area (Å²) in [6.45, 7) is 5.69. The van der Waals surface area contributed by atoms with Crippen LogP contribution in [0.25, 0.3) is 10.9 Å². The first-order valence-electron chi connectivity index (χ1n) is 11.8. The zero-order valence-corrected chi connectivity index (χ0v) is 20.5. The predicted molar refractivity (Wildman–Crippen MR) is 143 cm³/mol. The van der Waals surface area contributed by atoms with E-state index in [2.05, 4.69) is 44.9 Å². The van der Waals surface area contributed by atoms with Crippen LogP contribution < -0.4 is 14.4 Å². The van der Waals surface area contributed by atoms with Crippen molar-refractivity contribution >= 4 is 40.1 Å². The lowest BCUT2D eigenvalue weighted by Gasteiger charge is -2.36. The molecule has 6 nitrogen and oxygen atoms in total. The molecule has 178 valence electrons. The fourth-order valence-corrected chi connectivity index (χ4v) is 5.00. The summed E-state index contributed by atoms with van der Waals surface area (Å²) in [5.41, 5.74) is 3.79. The molecule has 0 bridgehead atoms. The minimum atomic E-state index is 0.0776. The molecule has 1 aromatic heterocycles. The highest BCUT2D eigenvalue weighted by atomic mass is 32.2. The number of pyridine rings is 1. The highest BCUT2D eigenvalue weighted by Crippen LogP contribution is 2.28. The second kappa shape index (κ2) is 10.7. The Balaban J connectivity index is 1.16. The SMILES string of the molecule is CCOc1ccc(N2CCN(C(=O)c3ccc(NSc4cccc5cccnc45)cc3)CC2)cc1. The van der Waals surface area contributed by atoms with Crippen molar-refractivity contribution in [2.24, 2.45) is 0 Å². The summed E-state index contributed by atoms with van der Waals surface area (Å²) >= 11 is 1.53. The summed E-state index contributed by atoms with van der Waals surface area (Å²) in [5, 5.41) is 1.11. The van der Waals surface area contributed by atoms with Gasteiger partial charge in [-0.15, -0.1) is 0 Å². The molecule has 1 aliphatic heterocycles. The first-order valence-corrected chi connectivity index (χ1v) is 12.7. The van der Waals surface area contributed by atoms with Crippen molar-refractivity contribution < 1.29 is 9.53 Å². The van der Waals surface area contributed by atoms with Crippen molar-refractivity contribution in [1.82, 2.24) is 9.88 Å². The van der Waals surface area contributed by atoms with Crippen LogP contribution in [0.15, 0.2) is 90.0 Å². The first-order chi connectivity index (χ1) is 17.2. The van der Waals surface area contributed by atoms with Gasteiger partial charge < -0.3 is 19.3 Å². The minimum absolute atomic E-state index is 0.0776. The molecule has 1 aliphatic rings. The molecule has 1 N–H and O–H groups in total. The zero-order chi connectivity index (χ0) is 24.0. The highest BCUT2D eigenvalue weighted by Gasteiger charge is 2.22. The van der Waals surface area contributed by atoms with Crippen LogP contribution in [-0.4, -0.2) is 48.6 Å². The lowest BCUT2D eigenvalue weighted by atomic mass is 10.1. The van der Waals surface area contributed by atoms with E-state index < -0.39 is 0 Å². The zero-order valence-electron chi connectivity index (χ0n) is 19.7. The maximum atomic E-state index is 13.1. The lowest BCUT2D eigenvalue weighted by molar-refractivity contribution is 0.0747. The van der Waals surface area contributed by atoms with E-state index in [1.54, 1.807) is 0 Å². The van der Waals surface area contributed by atoms with Crippen molar-refractivity contribution in [1.29, 1.82) is 0 Å². The molecule has 5 rings (SSSR count). The number of nitrogens with zero attached hydrogens (tertiary/aromatic N) is 3. The second-order valence-electron chi connectivity index (χ2n) is 8.32. The first kappa shape index (κ1) is 23.1. The summed E-state index contributed by atoms with van der Waals surface area (Å²) < 4.78 is 8.90. The van der Waals surface area contributed by atoms with Gasteiger partial charge in [-0.3, -0.25) is 9.78 Å². The lowest BCUT2D eigenvalue weighted by Crippen LogP contribution is -2.48. The van der Waals surface area contributed by atoms with E-state index >= 15 is 0 Å². The fourth-order valence-electron chi connectivity index (χ4n) is 4.22. The van der Waals surface area contributed by atoms with Gasteiger partial charge in [0.25, 0.3) is 5.91 Å². The Labute approximate surface area is 210 Å². The van der Waals surface area contributed by atoms with Gasteiger partial charge in [-0.1, -0.05) is 18.2 Å². The third-order valence-electron chi connectivity index (χ3n) is 6.09. The van der Waals surface area contributed by atoms with Gasteiger partial charge >= 0.3 is 0 Å². The Morgan fingerprint density at radius 1 is 0.943 bits per heavy atom. The van der Waals surface area contributed by atoms with Crippen LogP contribution in [0.3, 0.4) is 0 Å². The van der Waals surface area contributed by atoms with E-state index in [1.807, 2.05) is 66.6 Å². The third-order valence-corrected chi connectivity index (χ3v) is 6.97. The van der Waals surface area contributed by atoms with E-state index in [0.717, 1.165) is 46.0 Å². The quantitative estimate of drug-likeness (QED) is 0.339. The second-order valence-corrected chi connectivity index (χ2v) is 9.17. The Morgan fingerprint density at radius 2 is 1.69 bits per heavy atom. The van der Waals surface area contributed by atoms with E-state index in [0.29, 0.717) is 25.3 Å². The molecular formula is C28H28N4O2S. The van der Waals surface area contributed by atoms with Gasteiger partial charge in [-0.2, -0.15) is 0 Å². The molecule has 2 heterocycles. The van der Waals surface area contributed by atoms with Crippen LogP contribution in [0.1, 0.15) is 17.3 Å². The Bertz CT molecular complexity index is 1280. The number of carbonyl (C=O) groups excluding carboxylic acids is 1. The number of hydrogen-bond acceptors (Lipinski definition) is 6. The minimum Gasteiger partial charge on any atom is -0.494 e. The van der Waals surface area contributed by atoms with Gasteiger partial charge in [0.2, 0.25) is 0 Å². The normalized spacial score (nSPS) is 13.6. The number of amides is 1. The van der Waals surface area contributed by atoms with Gasteiger partial charge in [0.15, 0.2) is 0 Å².